The van der Waals surface area contributed by atoms with Crippen molar-refractivity contribution in [2.45, 2.75) is 63.4 Å². The summed E-state index contributed by atoms with van der Waals surface area (Å²) in [5.41, 5.74) is 16.8. The molecule has 0 aromatic heterocycles. The number of carbonyl (C=O) groups is 4. The molecule has 0 heterocycles. The van der Waals surface area contributed by atoms with Crippen LogP contribution in [0.5, 0.6) is 5.75 Å². The first kappa shape index (κ1) is 30.1. The third-order valence-electron chi connectivity index (χ3n) is 5.11. The van der Waals surface area contributed by atoms with Gasteiger partial charge in [-0.25, -0.2) is 4.79 Å². The first-order valence-electron chi connectivity index (χ1n) is 11.2. The Bertz CT molecular complexity index is 933. The maximum atomic E-state index is 12.6. The van der Waals surface area contributed by atoms with Crippen molar-refractivity contribution in [2.24, 2.45) is 22.2 Å². The maximum absolute atomic E-state index is 12.6. The number of carboxylic acids is 1. The van der Waals surface area contributed by atoms with Crippen molar-refractivity contribution >= 4 is 29.7 Å². The van der Waals surface area contributed by atoms with E-state index in [0.29, 0.717) is 12.0 Å². The van der Waals surface area contributed by atoms with Crippen LogP contribution >= 0.6 is 0 Å². The standard InChI is InChI=1S/C22H35N7O7/c1-11(18(32)28-16(21(35)36)10-13-5-7-14(31)8-6-13)27-20(34)17(12(2)30)29-19(33)15(23)4-3-9-26-22(24)25/h5-8,11-12,15-17,30-31H,3-4,9-10,23H2,1-2H3,(H,27,34)(H,28,32)(H,29,33)(H,35,36)(H4,24,25,26). The second-order valence-corrected chi connectivity index (χ2v) is 8.28. The number of nitrogens with zero attached hydrogens (tertiary/aromatic N) is 1. The Labute approximate surface area is 208 Å². The van der Waals surface area contributed by atoms with Crippen LogP contribution in [0.4, 0.5) is 0 Å². The lowest BCUT2D eigenvalue weighted by molar-refractivity contribution is -0.142. The van der Waals surface area contributed by atoms with E-state index in [1.807, 2.05) is 0 Å². The Hall–Kier alpha value is -3.91. The second kappa shape index (κ2) is 14.5. The zero-order chi connectivity index (χ0) is 27.4. The Morgan fingerprint density at radius 3 is 2.11 bits per heavy atom. The number of guanidine groups is 1. The number of phenolic OH excluding ortho intramolecular Hbond substituents is 1. The number of hydrogen-bond donors (Lipinski definition) is 9. The molecule has 0 fully saturated rings. The lowest BCUT2D eigenvalue weighted by atomic mass is 10.1. The number of aliphatic hydroxyl groups is 1. The number of benzene rings is 1. The normalized spacial score (nSPS) is 14.9. The number of nitrogens with one attached hydrogen (secondary N) is 3. The van der Waals surface area contributed by atoms with Gasteiger partial charge in [-0.3, -0.25) is 19.4 Å². The van der Waals surface area contributed by atoms with Crippen LogP contribution in [-0.4, -0.2) is 81.8 Å². The third-order valence-corrected chi connectivity index (χ3v) is 5.11. The monoisotopic (exact) mass is 509 g/mol. The van der Waals surface area contributed by atoms with Gasteiger partial charge in [-0.2, -0.15) is 0 Å². The van der Waals surface area contributed by atoms with Crippen LogP contribution in [0.25, 0.3) is 0 Å². The molecule has 200 valence electrons. The van der Waals surface area contributed by atoms with Gasteiger partial charge in [0, 0.05) is 13.0 Å². The Kier molecular flexibility index (Phi) is 12.1. The molecule has 14 heteroatoms. The van der Waals surface area contributed by atoms with Crippen molar-refractivity contribution in [3.8, 4) is 5.75 Å². The molecule has 0 radical (unpaired) electrons. The molecule has 5 atom stereocenters. The summed E-state index contributed by atoms with van der Waals surface area (Å²) >= 11 is 0. The molecular weight excluding hydrogens is 474 g/mol. The molecule has 5 unspecified atom stereocenters. The highest BCUT2D eigenvalue weighted by Crippen LogP contribution is 2.11. The highest BCUT2D eigenvalue weighted by molar-refractivity contribution is 5.94. The van der Waals surface area contributed by atoms with Gasteiger partial charge in [-0.15, -0.1) is 0 Å². The van der Waals surface area contributed by atoms with Crippen LogP contribution < -0.4 is 33.2 Å². The summed E-state index contributed by atoms with van der Waals surface area (Å²) in [6, 6.07) is 0.914. The average Bonchev–Trinajstić information content (AvgIpc) is 2.80. The van der Waals surface area contributed by atoms with Gasteiger partial charge in [0.25, 0.3) is 0 Å². The van der Waals surface area contributed by atoms with Crippen molar-refractivity contribution in [3.05, 3.63) is 29.8 Å². The Morgan fingerprint density at radius 1 is 0.972 bits per heavy atom. The molecule has 0 bridgehead atoms. The SMILES string of the molecule is CC(NC(=O)C(NC(=O)C(N)CCCN=C(N)N)C(C)O)C(=O)NC(Cc1ccc(O)cc1)C(=O)O. The van der Waals surface area contributed by atoms with E-state index < -0.39 is 54.0 Å². The summed E-state index contributed by atoms with van der Waals surface area (Å²) < 4.78 is 0. The highest BCUT2D eigenvalue weighted by atomic mass is 16.4. The first-order chi connectivity index (χ1) is 16.8. The van der Waals surface area contributed by atoms with E-state index in [-0.39, 0.29) is 31.1 Å². The minimum atomic E-state index is -1.41. The van der Waals surface area contributed by atoms with Gasteiger partial charge in [0.15, 0.2) is 5.96 Å². The van der Waals surface area contributed by atoms with Crippen LogP contribution in [0.15, 0.2) is 29.3 Å². The van der Waals surface area contributed by atoms with Crippen LogP contribution in [0.2, 0.25) is 0 Å². The second-order valence-electron chi connectivity index (χ2n) is 8.28. The third kappa shape index (κ3) is 10.6. The van der Waals surface area contributed by atoms with Crippen molar-refractivity contribution in [1.29, 1.82) is 0 Å². The average molecular weight is 510 g/mol. The number of rotatable bonds is 14. The molecule has 0 saturated heterocycles. The maximum Gasteiger partial charge on any atom is 0.326 e. The van der Waals surface area contributed by atoms with Crippen LogP contribution in [0.3, 0.4) is 0 Å². The minimum Gasteiger partial charge on any atom is -0.508 e. The van der Waals surface area contributed by atoms with E-state index >= 15 is 0 Å². The van der Waals surface area contributed by atoms with Gasteiger partial charge in [-0.1, -0.05) is 12.1 Å². The molecule has 3 amide bonds. The Balaban J connectivity index is 2.70. The highest BCUT2D eigenvalue weighted by Gasteiger charge is 2.30. The minimum absolute atomic E-state index is 0.0117. The summed E-state index contributed by atoms with van der Waals surface area (Å²) in [4.78, 5) is 52.9. The number of carbonyl (C=O) groups excluding carboxylic acids is 3. The van der Waals surface area contributed by atoms with Crippen molar-refractivity contribution in [2.75, 3.05) is 6.54 Å². The van der Waals surface area contributed by atoms with Gasteiger partial charge in [0.05, 0.1) is 12.1 Å². The molecule has 0 spiro atoms. The fraction of sp³-hybridized carbons (Fsp3) is 0.500. The van der Waals surface area contributed by atoms with Gasteiger partial charge in [0.2, 0.25) is 17.7 Å². The predicted octanol–water partition coefficient (Wildman–Crippen LogP) is -2.74. The number of aliphatic imine (C=N–C) groups is 1. The zero-order valence-electron chi connectivity index (χ0n) is 20.2. The fourth-order valence-electron chi connectivity index (χ4n) is 3.05. The predicted molar refractivity (Wildman–Crippen MR) is 130 cm³/mol. The van der Waals surface area contributed by atoms with Crippen molar-refractivity contribution in [3.63, 3.8) is 0 Å². The number of amides is 3. The fourth-order valence-corrected chi connectivity index (χ4v) is 3.05. The molecule has 36 heavy (non-hydrogen) atoms. The Morgan fingerprint density at radius 2 is 1.58 bits per heavy atom. The molecule has 0 aliphatic carbocycles. The number of aliphatic carboxylic acids is 1. The van der Waals surface area contributed by atoms with Crippen molar-refractivity contribution in [1.82, 2.24) is 16.0 Å². The number of carboxylic acid groups (broad SMARTS) is 1. The summed E-state index contributed by atoms with van der Waals surface area (Å²) in [7, 11) is 0. The topological polar surface area (TPSA) is 255 Å². The molecule has 1 rings (SSSR count). The lowest BCUT2D eigenvalue weighted by Crippen LogP contribution is -2.59. The largest absolute Gasteiger partial charge is 0.508 e. The summed E-state index contributed by atoms with van der Waals surface area (Å²) in [6.45, 7) is 2.86. The van der Waals surface area contributed by atoms with Crippen LogP contribution in [0, 0.1) is 0 Å². The van der Waals surface area contributed by atoms with Crippen LogP contribution in [-0.2, 0) is 25.6 Å². The van der Waals surface area contributed by atoms with E-state index in [4.69, 9.17) is 17.2 Å². The van der Waals surface area contributed by atoms with Crippen molar-refractivity contribution < 1.29 is 34.5 Å². The first-order valence-corrected chi connectivity index (χ1v) is 11.2. The van der Waals surface area contributed by atoms with Gasteiger partial charge in [0.1, 0.15) is 23.9 Å². The van der Waals surface area contributed by atoms with E-state index in [9.17, 15) is 34.5 Å². The lowest BCUT2D eigenvalue weighted by Gasteiger charge is -2.25. The molecule has 12 N–H and O–H groups in total. The number of nitrogens with two attached hydrogens (primary N) is 3. The molecule has 0 saturated carbocycles. The molecule has 14 nitrogen and oxygen atoms in total. The molecular formula is C22H35N7O7. The summed E-state index contributed by atoms with van der Waals surface area (Å²) in [5.74, 6) is -3.72. The number of hydrogen-bond acceptors (Lipinski definition) is 8. The summed E-state index contributed by atoms with van der Waals surface area (Å²) in [6.07, 6.45) is -0.758. The number of aliphatic hydroxyl groups excluding tert-OH is 1. The number of phenols is 1. The van der Waals surface area contributed by atoms with E-state index in [1.54, 1.807) is 0 Å². The van der Waals surface area contributed by atoms with Gasteiger partial charge < -0.3 is 48.5 Å². The molecule has 0 aliphatic heterocycles. The number of aromatic hydroxyl groups is 1. The van der Waals surface area contributed by atoms with E-state index in [1.165, 1.54) is 38.1 Å². The quantitative estimate of drug-likeness (QED) is 0.0709. The van der Waals surface area contributed by atoms with Gasteiger partial charge in [-0.05, 0) is 44.4 Å². The molecule has 0 aliphatic rings. The molecule has 1 aromatic rings. The smallest absolute Gasteiger partial charge is 0.326 e. The zero-order valence-corrected chi connectivity index (χ0v) is 20.2. The summed E-state index contributed by atoms with van der Waals surface area (Å²) in [5, 5.41) is 35.8. The van der Waals surface area contributed by atoms with Gasteiger partial charge >= 0.3 is 5.97 Å². The van der Waals surface area contributed by atoms with Crippen LogP contribution in [0.1, 0.15) is 32.3 Å². The van der Waals surface area contributed by atoms with E-state index in [0.717, 1.165) is 0 Å². The molecule has 1 aromatic carbocycles. The van der Waals surface area contributed by atoms with E-state index in [2.05, 4.69) is 20.9 Å².